The van der Waals surface area contributed by atoms with Gasteiger partial charge in [0, 0.05) is 6.61 Å². The van der Waals surface area contributed by atoms with Gasteiger partial charge in [0.2, 0.25) is 0 Å². The van der Waals surface area contributed by atoms with E-state index < -0.39 is 11.4 Å². The second-order valence-electron chi connectivity index (χ2n) is 5.33. The lowest BCUT2D eigenvalue weighted by molar-refractivity contribution is -0.155. The number of carboxylic acids is 1. The zero-order chi connectivity index (χ0) is 11.2. The van der Waals surface area contributed by atoms with Gasteiger partial charge >= 0.3 is 5.97 Å². The summed E-state index contributed by atoms with van der Waals surface area (Å²) in [7, 11) is 0. The summed E-state index contributed by atoms with van der Waals surface area (Å²) in [5.41, 5.74) is -0.655. The smallest absolute Gasteiger partial charge is 0.312 e. The van der Waals surface area contributed by atoms with Crippen LogP contribution in [0.25, 0.3) is 0 Å². The Hall–Kier alpha value is -0.610. The van der Waals surface area contributed by atoms with Crippen LogP contribution in [0, 0.1) is 5.41 Å². The lowest BCUT2D eigenvalue weighted by Crippen LogP contribution is -2.42. The standard InChI is InChI=1S/C12H18O4/c13-11(14)12(6-8-2-1-5-15-8)7-9-3-4-10(12)16-9/h8-10H,1-7H2,(H,13,14). The van der Waals surface area contributed by atoms with Crippen molar-refractivity contribution in [3.05, 3.63) is 0 Å². The van der Waals surface area contributed by atoms with Gasteiger partial charge in [-0.3, -0.25) is 4.79 Å². The van der Waals surface area contributed by atoms with E-state index in [0.717, 1.165) is 32.3 Å². The molecule has 4 nitrogen and oxygen atoms in total. The molecule has 0 spiro atoms. The molecule has 16 heavy (non-hydrogen) atoms. The number of hydrogen-bond donors (Lipinski definition) is 1. The van der Waals surface area contributed by atoms with Gasteiger partial charge in [-0.1, -0.05) is 0 Å². The van der Waals surface area contributed by atoms with Crippen LogP contribution in [0.1, 0.15) is 38.5 Å². The minimum atomic E-state index is -0.685. The molecule has 0 radical (unpaired) electrons. The first kappa shape index (κ1) is 10.5. The Labute approximate surface area is 94.9 Å². The molecule has 0 amide bonds. The van der Waals surface area contributed by atoms with E-state index in [0.29, 0.717) is 12.8 Å². The maximum absolute atomic E-state index is 11.6. The lowest BCUT2D eigenvalue weighted by Gasteiger charge is -2.32. The van der Waals surface area contributed by atoms with Gasteiger partial charge in [0.1, 0.15) is 0 Å². The Kier molecular flexibility index (Phi) is 2.44. The molecule has 0 aliphatic carbocycles. The molecule has 3 rings (SSSR count). The van der Waals surface area contributed by atoms with E-state index >= 15 is 0 Å². The summed E-state index contributed by atoms with van der Waals surface area (Å²) in [6.07, 6.45) is 5.59. The molecule has 0 aromatic carbocycles. The van der Waals surface area contributed by atoms with E-state index in [-0.39, 0.29) is 18.3 Å². The fraction of sp³-hybridized carbons (Fsp3) is 0.917. The van der Waals surface area contributed by atoms with Crippen LogP contribution in [-0.2, 0) is 14.3 Å². The third-order valence-electron chi connectivity index (χ3n) is 4.36. The van der Waals surface area contributed by atoms with E-state index in [1.807, 2.05) is 0 Å². The van der Waals surface area contributed by atoms with Crippen molar-refractivity contribution in [2.45, 2.75) is 56.8 Å². The van der Waals surface area contributed by atoms with Crippen LogP contribution < -0.4 is 0 Å². The first-order valence-corrected chi connectivity index (χ1v) is 6.21. The molecule has 3 aliphatic heterocycles. The number of carboxylic acid groups (broad SMARTS) is 1. The Balaban J connectivity index is 1.78. The average Bonchev–Trinajstić information content (AvgIpc) is 2.92. The highest BCUT2D eigenvalue weighted by atomic mass is 16.5. The minimum Gasteiger partial charge on any atom is -0.481 e. The summed E-state index contributed by atoms with van der Waals surface area (Å²) in [6, 6.07) is 0. The van der Waals surface area contributed by atoms with Crippen LogP contribution in [0.5, 0.6) is 0 Å². The predicted molar refractivity (Wildman–Crippen MR) is 56.2 cm³/mol. The van der Waals surface area contributed by atoms with E-state index in [1.165, 1.54) is 0 Å². The number of rotatable bonds is 3. The fourth-order valence-electron chi connectivity index (χ4n) is 3.54. The molecule has 0 saturated carbocycles. The number of hydrogen-bond acceptors (Lipinski definition) is 3. The van der Waals surface area contributed by atoms with Crippen molar-refractivity contribution in [3.8, 4) is 0 Å². The molecule has 4 heteroatoms. The monoisotopic (exact) mass is 226 g/mol. The Morgan fingerprint density at radius 3 is 2.75 bits per heavy atom. The van der Waals surface area contributed by atoms with Crippen molar-refractivity contribution >= 4 is 5.97 Å². The van der Waals surface area contributed by atoms with Gasteiger partial charge in [-0.15, -0.1) is 0 Å². The normalized spacial score (nSPS) is 46.4. The first-order valence-electron chi connectivity index (χ1n) is 6.21. The zero-order valence-corrected chi connectivity index (χ0v) is 9.35. The second kappa shape index (κ2) is 3.70. The topological polar surface area (TPSA) is 55.8 Å². The summed E-state index contributed by atoms with van der Waals surface area (Å²) in [4.78, 5) is 11.6. The first-order chi connectivity index (χ1) is 7.71. The van der Waals surface area contributed by atoms with E-state index in [1.54, 1.807) is 0 Å². The number of carbonyl (C=O) groups is 1. The van der Waals surface area contributed by atoms with Gasteiger partial charge in [0.25, 0.3) is 0 Å². The van der Waals surface area contributed by atoms with E-state index in [4.69, 9.17) is 9.47 Å². The van der Waals surface area contributed by atoms with Crippen LogP contribution in [0.3, 0.4) is 0 Å². The highest BCUT2D eigenvalue weighted by molar-refractivity contribution is 5.76. The van der Waals surface area contributed by atoms with Crippen LogP contribution in [0.4, 0.5) is 0 Å². The second-order valence-corrected chi connectivity index (χ2v) is 5.33. The van der Waals surface area contributed by atoms with Gasteiger partial charge < -0.3 is 14.6 Å². The SMILES string of the molecule is O=C(O)C1(CC2CCCO2)CC2CCC1O2. The number of fused-ring (bicyclic) bond motifs is 2. The number of aliphatic carboxylic acids is 1. The summed E-state index contributed by atoms with van der Waals surface area (Å²) >= 11 is 0. The molecule has 90 valence electrons. The Bertz CT molecular complexity index is 297. The average molecular weight is 226 g/mol. The molecule has 4 atom stereocenters. The molecular weight excluding hydrogens is 208 g/mol. The summed E-state index contributed by atoms with van der Waals surface area (Å²) in [5.74, 6) is -0.685. The van der Waals surface area contributed by atoms with Crippen molar-refractivity contribution in [3.63, 3.8) is 0 Å². The molecule has 4 unspecified atom stereocenters. The van der Waals surface area contributed by atoms with Gasteiger partial charge in [0.05, 0.1) is 23.7 Å². The maximum atomic E-state index is 11.6. The third-order valence-corrected chi connectivity index (χ3v) is 4.36. The minimum absolute atomic E-state index is 0.0702. The van der Waals surface area contributed by atoms with Crippen molar-refractivity contribution in [2.75, 3.05) is 6.61 Å². The highest BCUT2D eigenvalue weighted by Gasteiger charge is 2.58. The zero-order valence-electron chi connectivity index (χ0n) is 9.35. The van der Waals surface area contributed by atoms with Gasteiger partial charge in [-0.05, 0) is 38.5 Å². The molecule has 3 heterocycles. The van der Waals surface area contributed by atoms with Crippen LogP contribution in [0.2, 0.25) is 0 Å². The molecule has 3 fully saturated rings. The molecular formula is C12H18O4. The van der Waals surface area contributed by atoms with Crippen LogP contribution in [-0.4, -0.2) is 36.0 Å². The summed E-state index contributed by atoms with van der Waals surface area (Å²) in [6.45, 7) is 0.787. The quantitative estimate of drug-likeness (QED) is 0.793. The fourth-order valence-corrected chi connectivity index (χ4v) is 3.54. The van der Waals surface area contributed by atoms with E-state index in [2.05, 4.69) is 0 Å². The summed E-state index contributed by atoms with van der Waals surface area (Å²) < 4.78 is 11.3. The predicted octanol–water partition coefficient (Wildman–Crippen LogP) is 1.58. The Morgan fingerprint density at radius 2 is 2.25 bits per heavy atom. The third kappa shape index (κ3) is 1.47. The molecule has 0 aromatic heterocycles. The van der Waals surface area contributed by atoms with Crippen molar-refractivity contribution < 1.29 is 19.4 Å². The van der Waals surface area contributed by atoms with Gasteiger partial charge in [-0.2, -0.15) is 0 Å². The lowest BCUT2D eigenvalue weighted by atomic mass is 9.70. The van der Waals surface area contributed by atoms with Crippen molar-refractivity contribution in [1.82, 2.24) is 0 Å². The van der Waals surface area contributed by atoms with Crippen LogP contribution in [0.15, 0.2) is 0 Å². The largest absolute Gasteiger partial charge is 0.481 e. The Morgan fingerprint density at radius 1 is 1.38 bits per heavy atom. The van der Waals surface area contributed by atoms with E-state index in [9.17, 15) is 9.90 Å². The van der Waals surface area contributed by atoms with Crippen molar-refractivity contribution in [1.29, 1.82) is 0 Å². The van der Waals surface area contributed by atoms with Gasteiger partial charge in [-0.25, -0.2) is 0 Å². The maximum Gasteiger partial charge on any atom is 0.312 e. The highest BCUT2D eigenvalue weighted by Crippen LogP contribution is 2.51. The van der Waals surface area contributed by atoms with Crippen LogP contribution >= 0.6 is 0 Å². The van der Waals surface area contributed by atoms with Crippen molar-refractivity contribution in [2.24, 2.45) is 5.41 Å². The number of ether oxygens (including phenoxy) is 2. The summed E-state index contributed by atoms with van der Waals surface area (Å²) in [5, 5.41) is 9.51. The molecule has 1 N–H and O–H groups in total. The molecule has 0 aromatic rings. The molecule has 2 bridgehead atoms. The van der Waals surface area contributed by atoms with Gasteiger partial charge in [0.15, 0.2) is 0 Å². The molecule has 3 aliphatic rings. The molecule has 3 saturated heterocycles.